The average molecular weight is 387 g/mol. The summed E-state index contributed by atoms with van der Waals surface area (Å²) in [5.74, 6) is 0.209. The van der Waals surface area contributed by atoms with E-state index in [1.807, 2.05) is 23.6 Å². The molecule has 2 N–H and O–H groups in total. The van der Waals surface area contributed by atoms with Crippen LogP contribution in [0.25, 0.3) is 0 Å². The van der Waals surface area contributed by atoms with Crippen LogP contribution in [0, 0.1) is 5.92 Å². The molecule has 0 spiro atoms. The van der Waals surface area contributed by atoms with Crippen molar-refractivity contribution in [1.82, 2.24) is 10.0 Å². The number of hydrogen-bond acceptors (Lipinski definition) is 5. The van der Waals surface area contributed by atoms with Gasteiger partial charge in [-0.2, -0.15) is 0 Å². The summed E-state index contributed by atoms with van der Waals surface area (Å²) in [7, 11) is -3.18. The van der Waals surface area contributed by atoms with Gasteiger partial charge in [0.05, 0.1) is 17.2 Å². The van der Waals surface area contributed by atoms with Gasteiger partial charge in [0.2, 0.25) is 10.0 Å². The number of carbonyl (C=O) groups is 1. The van der Waals surface area contributed by atoms with Crippen LogP contribution in [0.4, 0.5) is 0 Å². The molecule has 1 atom stereocenters. The normalized spacial score (nSPS) is 13.2. The van der Waals surface area contributed by atoms with Gasteiger partial charge in [-0.1, -0.05) is 19.9 Å². The molecule has 0 fully saturated rings. The number of sulfonamides is 1. The van der Waals surface area contributed by atoms with E-state index in [0.717, 1.165) is 16.0 Å². The molecule has 0 bridgehead atoms. The second-order valence-corrected chi connectivity index (χ2v) is 9.87. The maximum Gasteiger partial charge on any atom is 0.261 e. The van der Waals surface area contributed by atoms with Gasteiger partial charge in [-0.15, -0.1) is 22.7 Å². The fraction of sp³-hybridized carbons (Fsp3) is 0.438. The summed E-state index contributed by atoms with van der Waals surface area (Å²) < 4.78 is 24.6. The highest BCUT2D eigenvalue weighted by atomic mass is 32.2. The van der Waals surface area contributed by atoms with E-state index in [1.54, 1.807) is 17.4 Å². The van der Waals surface area contributed by atoms with E-state index in [4.69, 9.17) is 0 Å². The first-order chi connectivity index (χ1) is 11.3. The molecule has 0 saturated carbocycles. The molecular weight excluding hydrogens is 364 g/mol. The van der Waals surface area contributed by atoms with Gasteiger partial charge in [0.25, 0.3) is 5.91 Å². The lowest BCUT2D eigenvalue weighted by Crippen LogP contribution is -2.30. The maximum absolute atomic E-state index is 12.5. The minimum absolute atomic E-state index is 0.00467. The number of amides is 1. The molecule has 0 saturated heterocycles. The molecule has 8 heteroatoms. The van der Waals surface area contributed by atoms with Gasteiger partial charge in [0.1, 0.15) is 0 Å². The fourth-order valence-corrected chi connectivity index (χ4v) is 4.57. The minimum atomic E-state index is -3.18. The largest absolute Gasteiger partial charge is 0.343 e. The molecule has 0 unspecified atom stereocenters. The molecule has 2 aromatic rings. The van der Waals surface area contributed by atoms with Crippen molar-refractivity contribution in [3.8, 4) is 0 Å². The van der Waals surface area contributed by atoms with Crippen molar-refractivity contribution in [3.05, 3.63) is 44.3 Å². The Bertz CT molecular complexity index is 764. The molecular formula is C16H22N2O3S3. The van der Waals surface area contributed by atoms with E-state index in [2.05, 4.69) is 23.9 Å². The maximum atomic E-state index is 12.5. The summed E-state index contributed by atoms with van der Waals surface area (Å²) in [6, 6.07) is 7.68. The summed E-state index contributed by atoms with van der Waals surface area (Å²) in [4.78, 5) is 15.3. The second-order valence-electron chi connectivity index (χ2n) is 5.89. The van der Waals surface area contributed by atoms with E-state index in [-0.39, 0.29) is 11.9 Å². The molecule has 132 valence electrons. The minimum Gasteiger partial charge on any atom is -0.343 e. The van der Waals surface area contributed by atoms with Gasteiger partial charge >= 0.3 is 0 Å². The molecule has 0 aliphatic rings. The van der Waals surface area contributed by atoms with Gasteiger partial charge < -0.3 is 5.32 Å². The summed E-state index contributed by atoms with van der Waals surface area (Å²) in [6.45, 7) is 4.51. The molecule has 2 aromatic heterocycles. The van der Waals surface area contributed by atoms with Crippen molar-refractivity contribution < 1.29 is 13.2 Å². The Morgan fingerprint density at radius 3 is 2.58 bits per heavy atom. The topological polar surface area (TPSA) is 75.3 Å². The molecule has 5 nitrogen and oxygen atoms in total. The Morgan fingerprint density at radius 1 is 1.25 bits per heavy atom. The lowest BCUT2D eigenvalue weighted by atomic mass is 10.0. The van der Waals surface area contributed by atoms with E-state index in [0.29, 0.717) is 23.8 Å². The van der Waals surface area contributed by atoms with Crippen molar-refractivity contribution in [3.63, 3.8) is 0 Å². The zero-order chi connectivity index (χ0) is 17.7. The van der Waals surface area contributed by atoms with Crippen LogP contribution in [0.3, 0.4) is 0 Å². The summed E-state index contributed by atoms with van der Waals surface area (Å²) in [6.07, 6.45) is 1.71. The van der Waals surface area contributed by atoms with Gasteiger partial charge in [-0.05, 0) is 35.9 Å². The standard InChI is InChI=1S/C16H22N2O3S3/c1-11(2)15(13-5-4-10-22-13)18-16(19)14-7-6-12(23-14)8-9-17-24(3,20)21/h4-7,10-11,15,17H,8-9H2,1-3H3,(H,18,19)/t15-/m0/s1. The summed E-state index contributed by atoms with van der Waals surface area (Å²) in [5, 5.41) is 5.11. The highest BCUT2D eigenvalue weighted by molar-refractivity contribution is 7.88. The van der Waals surface area contributed by atoms with Crippen molar-refractivity contribution >= 4 is 38.6 Å². The Labute approximate surface area is 151 Å². The van der Waals surface area contributed by atoms with Crippen LogP contribution in [-0.2, 0) is 16.4 Å². The van der Waals surface area contributed by atoms with E-state index in [9.17, 15) is 13.2 Å². The number of nitrogens with one attached hydrogen (secondary N) is 2. The quantitative estimate of drug-likeness (QED) is 0.732. The molecule has 0 radical (unpaired) electrons. The molecule has 2 rings (SSSR count). The second kappa shape index (κ2) is 8.24. The molecule has 0 aliphatic carbocycles. The van der Waals surface area contributed by atoms with Crippen LogP contribution in [-0.4, -0.2) is 27.1 Å². The van der Waals surface area contributed by atoms with Crippen LogP contribution in [0.5, 0.6) is 0 Å². The SMILES string of the molecule is CC(C)[C@H](NC(=O)c1ccc(CCNS(C)(=O)=O)s1)c1cccs1. The monoisotopic (exact) mass is 386 g/mol. The number of hydrogen-bond donors (Lipinski definition) is 2. The predicted octanol–water partition coefficient (Wildman–Crippen LogP) is 3.03. The van der Waals surface area contributed by atoms with Gasteiger partial charge in [-0.25, -0.2) is 13.1 Å². The highest BCUT2D eigenvalue weighted by Gasteiger charge is 2.20. The highest BCUT2D eigenvalue weighted by Crippen LogP contribution is 2.27. The van der Waals surface area contributed by atoms with Crippen LogP contribution in [0.2, 0.25) is 0 Å². The molecule has 2 heterocycles. The van der Waals surface area contributed by atoms with E-state index < -0.39 is 10.0 Å². The summed E-state index contributed by atoms with van der Waals surface area (Å²) >= 11 is 3.04. The average Bonchev–Trinajstić information content (AvgIpc) is 3.14. The summed E-state index contributed by atoms with van der Waals surface area (Å²) in [5.41, 5.74) is 0. The van der Waals surface area contributed by atoms with Crippen molar-refractivity contribution in [2.45, 2.75) is 26.3 Å². The first-order valence-electron chi connectivity index (χ1n) is 7.64. The van der Waals surface area contributed by atoms with Gasteiger partial charge in [0, 0.05) is 16.3 Å². The third-order valence-electron chi connectivity index (χ3n) is 3.42. The lowest BCUT2D eigenvalue weighted by molar-refractivity contribution is 0.0930. The van der Waals surface area contributed by atoms with Gasteiger partial charge in [0.15, 0.2) is 0 Å². The smallest absolute Gasteiger partial charge is 0.261 e. The van der Waals surface area contributed by atoms with Crippen molar-refractivity contribution in [2.75, 3.05) is 12.8 Å². The van der Waals surface area contributed by atoms with Crippen molar-refractivity contribution in [1.29, 1.82) is 0 Å². The molecule has 0 aliphatic heterocycles. The zero-order valence-corrected chi connectivity index (χ0v) is 16.4. The molecule has 24 heavy (non-hydrogen) atoms. The van der Waals surface area contributed by atoms with Gasteiger partial charge in [-0.3, -0.25) is 4.79 Å². The molecule has 0 aromatic carbocycles. The van der Waals surface area contributed by atoms with E-state index in [1.165, 1.54) is 11.3 Å². The Morgan fingerprint density at radius 2 is 2.00 bits per heavy atom. The van der Waals surface area contributed by atoms with Crippen LogP contribution in [0.1, 0.15) is 39.3 Å². The van der Waals surface area contributed by atoms with Crippen LogP contribution >= 0.6 is 22.7 Å². The van der Waals surface area contributed by atoms with E-state index >= 15 is 0 Å². The number of rotatable bonds is 8. The first kappa shape index (κ1) is 19.1. The fourth-order valence-electron chi connectivity index (χ4n) is 2.24. The Kier molecular flexibility index (Phi) is 6.56. The Hall–Kier alpha value is -1.22. The van der Waals surface area contributed by atoms with Crippen molar-refractivity contribution in [2.24, 2.45) is 5.92 Å². The van der Waals surface area contributed by atoms with Crippen LogP contribution in [0.15, 0.2) is 29.6 Å². The zero-order valence-electron chi connectivity index (χ0n) is 13.9. The Balaban J connectivity index is 1.97. The first-order valence-corrected chi connectivity index (χ1v) is 11.2. The van der Waals surface area contributed by atoms with Crippen LogP contribution < -0.4 is 10.0 Å². The third kappa shape index (κ3) is 5.70. The predicted molar refractivity (Wildman–Crippen MR) is 100 cm³/mol. The third-order valence-corrected chi connectivity index (χ3v) is 6.25. The number of thiophene rings is 2. The number of carbonyl (C=O) groups excluding carboxylic acids is 1. The molecule has 1 amide bonds. The lowest BCUT2D eigenvalue weighted by Gasteiger charge is -2.20.